The van der Waals surface area contributed by atoms with Crippen LogP contribution in [0.3, 0.4) is 0 Å². The van der Waals surface area contributed by atoms with Gasteiger partial charge in [0.05, 0.1) is 11.6 Å². The van der Waals surface area contributed by atoms with Crippen molar-refractivity contribution in [2.24, 2.45) is 5.92 Å². The Balaban J connectivity index is 1.99. The van der Waals surface area contributed by atoms with E-state index in [2.05, 4.69) is 33.9 Å². The van der Waals surface area contributed by atoms with Crippen LogP contribution >= 0.6 is 11.6 Å². The fourth-order valence-corrected chi connectivity index (χ4v) is 2.71. The average molecular weight is 283 g/mol. The van der Waals surface area contributed by atoms with Gasteiger partial charge in [-0.2, -0.15) is 0 Å². The number of likely N-dealkylation sites (tertiary alicyclic amines) is 1. The molecule has 0 amide bonds. The molecule has 0 unspecified atom stereocenters. The highest BCUT2D eigenvalue weighted by molar-refractivity contribution is 6.16. The van der Waals surface area contributed by atoms with Crippen LogP contribution in [0, 0.1) is 12.8 Å². The normalized spacial score (nSPS) is 17.7. The van der Waals surface area contributed by atoms with Crippen LogP contribution in [0.4, 0.5) is 5.95 Å². The van der Waals surface area contributed by atoms with E-state index in [4.69, 9.17) is 11.6 Å². The van der Waals surface area contributed by atoms with E-state index in [9.17, 15) is 0 Å². The van der Waals surface area contributed by atoms with E-state index in [-0.39, 0.29) is 0 Å². The smallest absolute Gasteiger partial charge is 0.225 e. The summed E-state index contributed by atoms with van der Waals surface area (Å²) in [5, 5.41) is 0. The number of hydrogen-bond donors (Lipinski definition) is 0. The fraction of sp³-hybridized carbons (Fsp3) is 0.714. The minimum absolute atomic E-state index is 0.443. The molecule has 1 saturated heterocycles. The van der Waals surface area contributed by atoms with E-state index in [0.29, 0.717) is 5.88 Å². The quantitative estimate of drug-likeness (QED) is 0.794. The molecule has 1 fully saturated rings. The second-order valence-corrected chi connectivity index (χ2v) is 5.83. The summed E-state index contributed by atoms with van der Waals surface area (Å²) in [5.41, 5.74) is 1.88. The third-order valence-electron chi connectivity index (χ3n) is 3.74. The largest absolute Gasteiger partial charge is 0.344 e. The standard InChI is InChI=1S/C14H23ClN4/c1-11-8-13(9-15)17-14(16-11)19(3)10-12-4-6-18(2)7-5-12/h8,12H,4-7,9-10H2,1-3H3. The molecule has 1 aromatic heterocycles. The van der Waals surface area contributed by atoms with Crippen LogP contribution in [0.2, 0.25) is 0 Å². The SMILES string of the molecule is Cc1cc(CCl)nc(N(C)CC2CCN(C)CC2)n1. The van der Waals surface area contributed by atoms with Gasteiger partial charge in [0.25, 0.3) is 0 Å². The van der Waals surface area contributed by atoms with Crippen LogP contribution in [-0.2, 0) is 5.88 Å². The molecular weight excluding hydrogens is 260 g/mol. The summed E-state index contributed by atoms with van der Waals surface area (Å²) in [6.07, 6.45) is 2.52. The number of aryl methyl sites for hydroxylation is 1. The highest BCUT2D eigenvalue weighted by Gasteiger charge is 2.19. The second-order valence-electron chi connectivity index (χ2n) is 5.56. The summed E-state index contributed by atoms with van der Waals surface area (Å²) in [7, 11) is 4.27. The van der Waals surface area contributed by atoms with Gasteiger partial charge >= 0.3 is 0 Å². The highest BCUT2D eigenvalue weighted by Crippen LogP contribution is 2.19. The molecule has 1 aromatic rings. The third kappa shape index (κ3) is 4.05. The van der Waals surface area contributed by atoms with Crippen molar-refractivity contribution in [2.75, 3.05) is 38.6 Å². The van der Waals surface area contributed by atoms with E-state index in [1.165, 1.54) is 25.9 Å². The maximum Gasteiger partial charge on any atom is 0.225 e. The molecule has 0 aliphatic carbocycles. The van der Waals surface area contributed by atoms with Gasteiger partial charge in [0.2, 0.25) is 5.95 Å². The molecule has 0 atom stereocenters. The van der Waals surface area contributed by atoms with Crippen LogP contribution in [0.15, 0.2) is 6.07 Å². The first-order chi connectivity index (χ1) is 9.08. The summed E-state index contributed by atoms with van der Waals surface area (Å²) in [5.74, 6) is 1.98. The first-order valence-electron chi connectivity index (χ1n) is 6.88. The number of piperidine rings is 1. The van der Waals surface area contributed by atoms with Crippen molar-refractivity contribution < 1.29 is 0 Å². The number of rotatable bonds is 4. The predicted molar refractivity (Wildman–Crippen MR) is 79.8 cm³/mol. The molecule has 106 valence electrons. The van der Waals surface area contributed by atoms with Crippen molar-refractivity contribution in [3.8, 4) is 0 Å². The molecular formula is C14H23ClN4. The van der Waals surface area contributed by atoms with E-state index in [0.717, 1.165) is 29.8 Å². The van der Waals surface area contributed by atoms with Gasteiger partial charge in [-0.05, 0) is 51.9 Å². The summed E-state index contributed by atoms with van der Waals surface area (Å²) >= 11 is 5.87. The Morgan fingerprint density at radius 3 is 2.68 bits per heavy atom. The van der Waals surface area contributed by atoms with Gasteiger partial charge in [-0.1, -0.05) is 0 Å². The Kier molecular flexibility index (Phi) is 4.99. The van der Waals surface area contributed by atoms with Crippen molar-refractivity contribution >= 4 is 17.5 Å². The molecule has 0 aromatic carbocycles. The number of aromatic nitrogens is 2. The van der Waals surface area contributed by atoms with Crippen molar-refractivity contribution in [1.82, 2.24) is 14.9 Å². The van der Waals surface area contributed by atoms with Crippen LogP contribution in [0.1, 0.15) is 24.2 Å². The molecule has 0 saturated carbocycles. The number of nitrogens with zero attached hydrogens (tertiary/aromatic N) is 4. The maximum atomic E-state index is 5.87. The second kappa shape index (κ2) is 6.53. The molecule has 1 aliphatic rings. The Morgan fingerprint density at radius 1 is 1.37 bits per heavy atom. The van der Waals surface area contributed by atoms with E-state index in [1.807, 2.05) is 13.0 Å². The van der Waals surface area contributed by atoms with Crippen molar-refractivity contribution in [1.29, 1.82) is 0 Å². The molecule has 0 radical (unpaired) electrons. The van der Waals surface area contributed by atoms with Gasteiger partial charge in [0.15, 0.2) is 0 Å². The first-order valence-corrected chi connectivity index (χ1v) is 7.42. The van der Waals surface area contributed by atoms with Crippen LogP contribution in [-0.4, -0.2) is 48.6 Å². The Morgan fingerprint density at radius 2 is 2.05 bits per heavy atom. The maximum absolute atomic E-state index is 5.87. The van der Waals surface area contributed by atoms with E-state index < -0.39 is 0 Å². The highest BCUT2D eigenvalue weighted by atomic mass is 35.5. The molecule has 0 N–H and O–H groups in total. The number of hydrogen-bond acceptors (Lipinski definition) is 4. The molecule has 1 aliphatic heterocycles. The number of alkyl halides is 1. The minimum Gasteiger partial charge on any atom is -0.344 e. The minimum atomic E-state index is 0.443. The van der Waals surface area contributed by atoms with Gasteiger partial charge < -0.3 is 9.80 Å². The molecule has 4 nitrogen and oxygen atoms in total. The van der Waals surface area contributed by atoms with E-state index >= 15 is 0 Å². The summed E-state index contributed by atoms with van der Waals surface area (Å²) in [6, 6.07) is 1.94. The predicted octanol–water partition coefficient (Wildman–Crippen LogP) is 2.30. The average Bonchev–Trinajstić information content (AvgIpc) is 2.40. The Hall–Kier alpha value is -0.870. The molecule has 5 heteroatoms. The van der Waals surface area contributed by atoms with Gasteiger partial charge in [-0.25, -0.2) is 9.97 Å². The van der Waals surface area contributed by atoms with Gasteiger partial charge in [-0.15, -0.1) is 11.6 Å². The molecule has 2 rings (SSSR count). The number of anilines is 1. The first kappa shape index (κ1) is 14.5. The van der Waals surface area contributed by atoms with Crippen molar-refractivity contribution in [3.05, 3.63) is 17.5 Å². The van der Waals surface area contributed by atoms with Crippen LogP contribution in [0.25, 0.3) is 0 Å². The van der Waals surface area contributed by atoms with Crippen LogP contribution in [0.5, 0.6) is 0 Å². The fourth-order valence-electron chi connectivity index (χ4n) is 2.57. The summed E-state index contributed by atoms with van der Waals surface area (Å²) in [6.45, 7) is 5.41. The zero-order chi connectivity index (χ0) is 13.8. The lowest BCUT2D eigenvalue weighted by Crippen LogP contribution is -2.36. The molecule has 0 spiro atoms. The van der Waals surface area contributed by atoms with Crippen molar-refractivity contribution in [2.45, 2.75) is 25.6 Å². The zero-order valence-electron chi connectivity index (χ0n) is 12.1. The molecule has 0 bridgehead atoms. The van der Waals surface area contributed by atoms with Gasteiger partial charge in [0, 0.05) is 19.3 Å². The monoisotopic (exact) mass is 282 g/mol. The molecule has 19 heavy (non-hydrogen) atoms. The Bertz CT molecular complexity index is 416. The topological polar surface area (TPSA) is 32.3 Å². The van der Waals surface area contributed by atoms with Crippen molar-refractivity contribution in [3.63, 3.8) is 0 Å². The van der Waals surface area contributed by atoms with Gasteiger partial charge in [0.1, 0.15) is 0 Å². The lowest BCUT2D eigenvalue weighted by molar-refractivity contribution is 0.222. The summed E-state index contributed by atoms with van der Waals surface area (Å²) in [4.78, 5) is 13.6. The van der Waals surface area contributed by atoms with Gasteiger partial charge in [-0.3, -0.25) is 0 Å². The third-order valence-corrected chi connectivity index (χ3v) is 4.02. The lowest BCUT2D eigenvalue weighted by Gasteiger charge is -2.31. The summed E-state index contributed by atoms with van der Waals surface area (Å²) < 4.78 is 0. The van der Waals surface area contributed by atoms with Crippen LogP contribution < -0.4 is 4.90 Å². The number of halogens is 1. The zero-order valence-corrected chi connectivity index (χ0v) is 12.8. The molecule has 2 heterocycles. The Labute approximate surface area is 120 Å². The van der Waals surface area contributed by atoms with E-state index in [1.54, 1.807) is 0 Å². The lowest BCUT2D eigenvalue weighted by atomic mass is 9.97.